The zero-order chi connectivity index (χ0) is 12.0. The van der Waals surface area contributed by atoms with E-state index in [1.807, 2.05) is 0 Å². The van der Waals surface area contributed by atoms with Crippen LogP contribution in [0.2, 0.25) is 5.15 Å². The second kappa shape index (κ2) is 6.50. The van der Waals surface area contributed by atoms with Crippen molar-refractivity contribution in [3.8, 4) is 5.88 Å². The van der Waals surface area contributed by atoms with Crippen molar-refractivity contribution in [1.82, 2.24) is 9.97 Å². The van der Waals surface area contributed by atoms with E-state index in [9.17, 15) is 0 Å². The summed E-state index contributed by atoms with van der Waals surface area (Å²) in [5, 5.41) is 0.202. The molecular weight excluding hydrogens is 230 g/mol. The number of hydrogen-bond acceptors (Lipinski definition) is 5. The van der Waals surface area contributed by atoms with Gasteiger partial charge < -0.3 is 15.2 Å². The summed E-state index contributed by atoms with van der Waals surface area (Å²) in [5.41, 5.74) is 5.88. The molecule has 0 atom stereocenters. The maximum Gasteiger partial charge on any atom is 0.241 e. The van der Waals surface area contributed by atoms with Crippen LogP contribution in [0.4, 0.5) is 5.69 Å². The van der Waals surface area contributed by atoms with Gasteiger partial charge >= 0.3 is 0 Å². The fraction of sp³-hybridized carbons (Fsp3) is 0.600. The smallest absolute Gasteiger partial charge is 0.241 e. The van der Waals surface area contributed by atoms with Gasteiger partial charge in [-0.1, -0.05) is 25.4 Å². The van der Waals surface area contributed by atoms with Crippen molar-refractivity contribution in [2.75, 3.05) is 25.6 Å². The summed E-state index contributed by atoms with van der Waals surface area (Å²) >= 11 is 5.71. The van der Waals surface area contributed by atoms with Crippen molar-refractivity contribution in [1.29, 1.82) is 0 Å². The van der Waals surface area contributed by atoms with Crippen LogP contribution in [0, 0.1) is 5.92 Å². The molecule has 0 saturated carbocycles. The van der Waals surface area contributed by atoms with Gasteiger partial charge in [0.05, 0.1) is 6.61 Å². The van der Waals surface area contributed by atoms with E-state index in [4.69, 9.17) is 26.8 Å². The summed E-state index contributed by atoms with van der Waals surface area (Å²) < 4.78 is 10.7. The van der Waals surface area contributed by atoms with E-state index in [2.05, 4.69) is 23.8 Å². The summed E-state index contributed by atoms with van der Waals surface area (Å²) in [6.07, 6.45) is 1.31. The lowest BCUT2D eigenvalue weighted by atomic mass is 10.2. The average molecular weight is 246 g/mol. The molecule has 0 spiro atoms. The zero-order valence-electron chi connectivity index (χ0n) is 9.44. The number of hydrogen-bond donors (Lipinski definition) is 1. The van der Waals surface area contributed by atoms with Crippen molar-refractivity contribution >= 4 is 17.3 Å². The number of nitrogens with zero attached hydrogens (tertiary/aromatic N) is 2. The third-order valence-corrected chi connectivity index (χ3v) is 2.02. The SMILES string of the molecule is CC(C)COCCOc1ncnc(Cl)c1N. The number of halogens is 1. The molecule has 0 unspecified atom stereocenters. The van der Waals surface area contributed by atoms with Crippen LogP contribution in [0.3, 0.4) is 0 Å². The largest absolute Gasteiger partial charge is 0.474 e. The quantitative estimate of drug-likeness (QED) is 0.611. The Morgan fingerprint density at radius 2 is 2.12 bits per heavy atom. The highest BCUT2D eigenvalue weighted by Gasteiger charge is 2.06. The molecule has 0 saturated heterocycles. The maximum atomic E-state index is 5.71. The van der Waals surface area contributed by atoms with Gasteiger partial charge in [0.25, 0.3) is 0 Å². The molecule has 5 nitrogen and oxygen atoms in total. The Kier molecular flexibility index (Phi) is 5.28. The average Bonchev–Trinajstić information content (AvgIpc) is 2.23. The zero-order valence-corrected chi connectivity index (χ0v) is 10.2. The lowest BCUT2D eigenvalue weighted by Crippen LogP contribution is -2.11. The highest BCUT2D eigenvalue weighted by molar-refractivity contribution is 6.32. The first-order valence-electron chi connectivity index (χ1n) is 5.07. The first-order valence-corrected chi connectivity index (χ1v) is 5.45. The Morgan fingerprint density at radius 3 is 2.81 bits per heavy atom. The van der Waals surface area contributed by atoms with Crippen molar-refractivity contribution in [2.24, 2.45) is 5.92 Å². The molecule has 0 fully saturated rings. The molecular formula is C10H16ClN3O2. The van der Waals surface area contributed by atoms with E-state index in [-0.39, 0.29) is 10.8 Å². The molecule has 1 aromatic heterocycles. The topological polar surface area (TPSA) is 70.3 Å². The van der Waals surface area contributed by atoms with Crippen LogP contribution < -0.4 is 10.5 Å². The Hall–Kier alpha value is -1.07. The van der Waals surface area contributed by atoms with Crippen molar-refractivity contribution in [3.05, 3.63) is 11.5 Å². The highest BCUT2D eigenvalue weighted by atomic mass is 35.5. The number of ether oxygens (including phenoxy) is 2. The van der Waals surface area contributed by atoms with Crippen LogP contribution in [0.5, 0.6) is 5.88 Å². The fourth-order valence-corrected chi connectivity index (χ4v) is 1.12. The fourth-order valence-electron chi connectivity index (χ4n) is 0.991. The lowest BCUT2D eigenvalue weighted by Gasteiger charge is -2.09. The number of anilines is 1. The normalized spacial score (nSPS) is 10.8. The lowest BCUT2D eigenvalue weighted by molar-refractivity contribution is 0.0808. The Labute approximate surface area is 99.9 Å². The van der Waals surface area contributed by atoms with Gasteiger partial charge in [-0.2, -0.15) is 4.98 Å². The summed E-state index contributed by atoms with van der Waals surface area (Å²) in [6.45, 7) is 5.78. The molecule has 16 heavy (non-hydrogen) atoms. The monoisotopic (exact) mass is 245 g/mol. The summed E-state index contributed by atoms with van der Waals surface area (Å²) in [4.78, 5) is 7.60. The van der Waals surface area contributed by atoms with Crippen molar-refractivity contribution in [3.63, 3.8) is 0 Å². The molecule has 0 aliphatic rings. The van der Waals surface area contributed by atoms with Gasteiger partial charge in [0.1, 0.15) is 18.6 Å². The molecule has 1 heterocycles. The second-order valence-electron chi connectivity index (χ2n) is 3.70. The van der Waals surface area contributed by atoms with E-state index in [1.165, 1.54) is 6.33 Å². The van der Waals surface area contributed by atoms with E-state index in [0.717, 1.165) is 0 Å². The van der Waals surface area contributed by atoms with Crippen LogP contribution in [0.1, 0.15) is 13.8 Å². The minimum Gasteiger partial charge on any atom is -0.474 e. The minimum absolute atomic E-state index is 0.202. The van der Waals surface area contributed by atoms with Crippen LogP contribution in [0.15, 0.2) is 6.33 Å². The molecule has 1 aromatic rings. The van der Waals surface area contributed by atoms with Crippen LogP contribution in [-0.4, -0.2) is 29.8 Å². The standard InChI is InChI=1S/C10H16ClN3O2/c1-7(2)5-15-3-4-16-10-8(12)9(11)13-6-14-10/h6-7H,3-5,12H2,1-2H3. The predicted molar refractivity (Wildman–Crippen MR) is 62.6 cm³/mol. The van der Waals surface area contributed by atoms with E-state index in [0.29, 0.717) is 31.6 Å². The van der Waals surface area contributed by atoms with Gasteiger partial charge in [-0.3, -0.25) is 0 Å². The molecule has 2 N–H and O–H groups in total. The first kappa shape index (κ1) is 13.0. The Balaban J connectivity index is 2.29. The first-order chi connectivity index (χ1) is 7.61. The van der Waals surface area contributed by atoms with Gasteiger partial charge in [0.2, 0.25) is 5.88 Å². The minimum atomic E-state index is 0.202. The molecule has 0 radical (unpaired) electrons. The summed E-state index contributed by atoms with van der Waals surface area (Å²) in [7, 11) is 0. The molecule has 0 aromatic carbocycles. The van der Waals surface area contributed by atoms with Gasteiger partial charge in [-0.05, 0) is 5.92 Å². The van der Waals surface area contributed by atoms with Crippen LogP contribution in [0.25, 0.3) is 0 Å². The van der Waals surface area contributed by atoms with Crippen LogP contribution in [-0.2, 0) is 4.74 Å². The number of rotatable bonds is 6. The summed E-state index contributed by atoms with van der Waals surface area (Å²) in [5.74, 6) is 0.812. The van der Waals surface area contributed by atoms with Gasteiger partial charge in [0.15, 0.2) is 5.15 Å². The van der Waals surface area contributed by atoms with Gasteiger partial charge in [-0.15, -0.1) is 0 Å². The molecule has 0 amide bonds. The van der Waals surface area contributed by atoms with E-state index >= 15 is 0 Å². The van der Waals surface area contributed by atoms with E-state index in [1.54, 1.807) is 0 Å². The van der Waals surface area contributed by atoms with Gasteiger partial charge in [-0.25, -0.2) is 4.98 Å². The van der Waals surface area contributed by atoms with E-state index < -0.39 is 0 Å². The van der Waals surface area contributed by atoms with Gasteiger partial charge in [0, 0.05) is 6.61 Å². The number of aromatic nitrogens is 2. The molecule has 90 valence electrons. The Bertz CT molecular complexity index is 334. The highest BCUT2D eigenvalue weighted by Crippen LogP contribution is 2.23. The predicted octanol–water partition coefficient (Wildman–Crippen LogP) is 1.76. The summed E-state index contributed by atoms with van der Waals surface area (Å²) in [6, 6.07) is 0. The molecule has 0 bridgehead atoms. The van der Waals surface area contributed by atoms with Crippen molar-refractivity contribution in [2.45, 2.75) is 13.8 Å². The molecule has 0 aliphatic heterocycles. The molecule has 0 aliphatic carbocycles. The van der Waals surface area contributed by atoms with Crippen LogP contribution >= 0.6 is 11.6 Å². The maximum absolute atomic E-state index is 5.71. The number of nitrogens with two attached hydrogens (primary N) is 1. The third kappa shape index (κ3) is 4.20. The van der Waals surface area contributed by atoms with Crippen molar-refractivity contribution < 1.29 is 9.47 Å². The molecule has 6 heteroatoms. The number of nitrogen functional groups attached to an aromatic ring is 1. The second-order valence-corrected chi connectivity index (χ2v) is 4.06. The Morgan fingerprint density at radius 1 is 1.38 bits per heavy atom. The third-order valence-electron chi connectivity index (χ3n) is 1.72. The molecule has 1 rings (SSSR count).